The highest BCUT2D eigenvalue weighted by Crippen LogP contribution is 2.18. The van der Waals surface area contributed by atoms with E-state index in [0.29, 0.717) is 0 Å². The third kappa shape index (κ3) is 2.07. The fourth-order valence-electron chi connectivity index (χ4n) is 1.45. The summed E-state index contributed by atoms with van der Waals surface area (Å²) in [4.78, 5) is 7.71. The number of hydrogen-bond donors (Lipinski definition) is 2. The molecule has 0 saturated carbocycles. The minimum atomic E-state index is 0.252. The zero-order valence-corrected chi connectivity index (χ0v) is 8.99. The lowest BCUT2D eigenvalue weighted by Gasteiger charge is -2.04. The van der Waals surface area contributed by atoms with Crippen LogP contribution < -0.4 is 5.32 Å². The van der Waals surface area contributed by atoms with E-state index in [-0.39, 0.29) is 6.04 Å². The van der Waals surface area contributed by atoms with E-state index in [9.17, 15) is 0 Å². The molecule has 0 radical (unpaired) electrons. The molecule has 0 aliphatic rings. The van der Waals surface area contributed by atoms with Crippen molar-refractivity contribution in [3.05, 3.63) is 42.4 Å². The lowest BCUT2D eigenvalue weighted by atomic mass is 10.2. The van der Waals surface area contributed by atoms with Gasteiger partial charge in [0, 0.05) is 11.8 Å². The predicted molar refractivity (Wildman–Crippen MR) is 61.5 cm³/mol. The van der Waals surface area contributed by atoms with Gasteiger partial charge in [0.25, 0.3) is 0 Å². The van der Waals surface area contributed by atoms with Crippen LogP contribution in [0.1, 0.15) is 18.8 Å². The van der Waals surface area contributed by atoms with Crippen LogP contribution in [0.4, 0.5) is 0 Å². The molecule has 2 aromatic rings. The van der Waals surface area contributed by atoms with E-state index in [4.69, 9.17) is 0 Å². The molecule has 1 unspecified atom stereocenters. The first-order valence-electron chi connectivity index (χ1n) is 5.09. The molecule has 2 N–H and O–H groups in total. The second-order valence-corrected chi connectivity index (χ2v) is 3.55. The average Bonchev–Trinajstić information content (AvgIpc) is 2.78. The Kier molecular flexibility index (Phi) is 2.83. The molecule has 1 heterocycles. The van der Waals surface area contributed by atoms with Crippen molar-refractivity contribution in [2.45, 2.75) is 13.0 Å². The first-order chi connectivity index (χ1) is 7.31. The lowest BCUT2D eigenvalue weighted by Crippen LogP contribution is -2.13. The normalized spacial score (nSPS) is 12.7. The maximum atomic E-state index is 4.53. The molecule has 15 heavy (non-hydrogen) atoms. The Balaban J connectivity index is 2.28. The number of imidazole rings is 1. The van der Waals surface area contributed by atoms with Crippen LogP contribution in [0.3, 0.4) is 0 Å². The van der Waals surface area contributed by atoms with Gasteiger partial charge in [-0.25, -0.2) is 4.98 Å². The SMILES string of the molecule is CNC(C)c1nc(-c2ccccc2)c[nH]1. The lowest BCUT2D eigenvalue weighted by molar-refractivity contribution is 0.618. The molecule has 1 aromatic heterocycles. The molecule has 3 heteroatoms. The van der Waals surface area contributed by atoms with E-state index in [1.807, 2.05) is 31.4 Å². The molecule has 0 spiro atoms. The Morgan fingerprint density at radius 3 is 2.67 bits per heavy atom. The Bertz CT molecular complexity index is 419. The summed E-state index contributed by atoms with van der Waals surface area (Å²) in [7, 11) is 1.93. The smallest absolute Gasteiger partial charge is 0.123 e. The second-order valence-electron chi connectivity index (χ2n) is 3.55. The van der Waals surface area contributed by atoms with Gasteiger partial charge in [0.05, 0.1) is 11.7 Å². The van der Waals surface area contributed by atoms with Crippen molar-refractivity contribution in [1.29, 1.82) is 0 Å². The van der Waals surface area contributed by atoms with Crippen molar-refractivity contribution in [1.82, 2.24) is 15.3 Å². The predicted octanol–water partition coefficient (Wildman–Crippen LogP) is 2.36. The zero-order chi connectivity index (χ0) is 10.7. The Morgan fingerprint density at radius 2 is 2.00 bits per heavy atom. The number of nitrogens with one attached hydrogen (secondary N) is 2. The standard InChI is InChI=1S/C12H15N3/c1-9(13-2)12-14-8-11(15-12)10-6-4-3-5-7-10/h3-9,13H,1-2H3,(H,14,15). The largest absolute Gasteiger partial charge is 0.347 e. The van der Waals surface area contributed by atoms with Crippen LogP contribution in [0, 0.1) is 0 Å². The van der Waals surface area contributed by atoms with Crippen molar-refractivity contribution < 1.29 is 0 Å². The Hall–Kier alpha value is -1.61. The summed E-state index contributed by atoms with van der Waals surface area (Å²) in [5.74, 6) is 0.969. The quantitative estimate of drug-likeness (QED) is 0.800. The monoisotopic (exact) mass is 201 g/mol. The fourth-order valence-corrected chi connectivity index (χ4v) is 1.45. The Labute approximate surface area is 89.6 Å². The van der Waals surface area contributed by atoms with E-state index in [1.165, 1.54) is 0 Å². The number of nitrogens with zero attached hydrogens (tertiary/aromatic N) is 1. The number of H-pyrrole nitrogens is 1. The van der Waals surface area contributed by atoms with Gasteiger partial charge in [-0.15, -0.1) is 0 Å². The maximum Gasteiger partial charge on any atom is 0.123 e. The van der Waals surface area contributed by atoms with Crippen molar-refractivity contribution >= 4 is 0 Å². The molecule has 3 nitrogen and oxygen atoms in total. The molecule has 0 aliphatic heterocycles. The summed E-state index contributed by atoms with van der Waals surface area (Å²) in [5.41, 5.74) is 2.14. The molecule has 0 saturated heterocycles. The number of aromatic nitrogens is 2. The molecule has 1 aromatic carbocycles. The minimum Gasteiger partial charge on any atom is -0.347 e. The summed E-state index contributed by atoms with van der Waals surface area (Å²) in [6, 6.07) is 10.4. The van der Waals surface area contributed by atoms with Crippen LogP contribution in [0.15, 0.2) is 36.5 Å². The second kappa shape index (κ2) is 4.28. The Morgan fingerprint density at radius 1 is 1.27 bits per heavy atom. The van der Waals surface area contributed by atoms with Gasteiger partial charge in [0.1, 0.15) is 5.82 Å². The highest BCUT2D eigenvalue weighted by Gasteiger charge is 2.07. The van der Waals surface area contributed by atoms with Gasteiger partial charge in [-0.1, -0.05) is 30.3 Å². The van der Waals surface area contributed by atoms with Crippen LogP contribution in [0.5, 0.6) is 0 Å². The maximum absolute atomic E-state index is 4.53. The first-order valence-corrected chi connectivity index (χ1v) is 5.09. The molecule has 1 atom stereocenters. The van der Waals surface area contributed by atoms with Crippen molar-refractivity contribution in [3.63, 3.8) is 0 Å². The highest BCUT2D eigenvalue weighted by atomic mass is 15.0. The van der Waals surface area contributed by atoms with E-state index in [1.54, 1.807) is 0 Å². The van der Waals surface area contributed by atoms with E-state index >= 15 is 0 Å². The van der Waals surface area contributed by atoms with Gasteiger partial charge in [-0.3, -0.25) is 0 Å². The van der Waals surface area contributed by atoms with Crippen molar-refractivity contribution in [2.24, 2.45) is 0 Å². The van der Waals surface area contributed by atoms with Crippen molar-refractivity contribution in [2.75, 3.05) is 7.05 Å². The van der Waals surface area contributed by atoms with Crippen LogP contribution in [0.25, 0.3) is 11.3 Å². The molecule has 2 rings (SSSR count). The summed E-state index contributed by atoms with van der Waals surface area (Å²) < 4.78 is 0. The average molecular weight is 201 g/mol. The van der Waals surface area contributed by atoms with E-state index in [2.05, 4.69) is 34.3 Å². The number of benzene rings is 1. The minimum absolute atomic E-state index is 0.252. The van der Waals surface area contributed by atoms with E-state index < -0.39 is 0 Å². The summed E-state index contributed by atoms with van der Waals surface area (Å²) in [6.07, 6.45) is 1.94. The van der Waals surface area contributed by atoms with Gasteiger partial charge < -0.3 is 10.3 Å². The molecular weight excluding hydrogens is 186 g/mol. The van der Waals surface area contributed by atoms with Gasteiger partial charge in [0.15, 0.2) is 0 Å². The highest BCUT2D eigenvalue weighted by molar-refractivity contribution is 5.58. The molecule has 0 aliphatic carbocycles. The number of rotatable bonds is 3. The summed E-state index contributed by atoms with van der Waals surface area (Å²) >= 11 is 0. The van der Waals surface area contributed by atoms with Crippen LogP contribution >= 0.6 is 0 Å². The third-order valence-electron chi connectivity index (χ3n) is 2.51. The van der Waals surface area contributed by atoms with E-state index in [0.717, 1.165) is 17.1 Å². The summed E-state index contributed by atoms with van der Waals surface area (Å²) in [6.45, 7) is 2.08. The van der Waals surface area contributed by atoms with Crippen molar-refractivity contribution in [3.8, 4) is 11.3 Å². The first kappa shape index (κ1) is 9.93. The van der Waals surface area contributed by atoms with Crippen LogP contribution in [-0.4, -0.2) is 17.0 Å². The van der Waals surface area contributed by atoms with Gasteiger partial charge >= 0.3 is 0 Å². The molecular formula is C12H15N3. The summed E-state index contributed by atoms with van der Waals surface area (Å²) in [5, 5.41) is 3.15. The topological polar surface area (TPSA) is 40.7 Å². The molecule has 78 valence electrons. The van der Waals surface area contributed by atoms with Gasteiger partial charge in [-0.05, 0) is 14.0 Å². The van der Waals surface area contributed by atoms with Crippen LogP contribution in [-0.2, 0) is 0 Å². The molecule has 0 fully saturated rings. The zero-order valence-electron chi connectivity index (χ0n) is 8.99. The van der Waals surface area contributed by atoms with Crippen LogP contribution in [0.2, 0.25) is 0 Å². The third-order valence-corrected chi connectivity index (χ3v) is 2.51. The fraction of sp³-hybridized carbons (Fsp3) is 0.250. The van der Waals surface area contributed by atoms with Gasteiger partial charge in [0.2, 0.25) is 0 Å². The molecule has 0 bridgehead atoms. The number of aromatic amines is 1. The number of hydrogen-bond acceptors (Lipinski definition) is 2. The molecule has 0 amide bonds. The van der Waals surface area contributed by atoms with Gasteiger partial charge in [-0.2, -0.15) is 0 Å².